The number of pyridine rings is 1. The van der Waals surface area contributed by atoms with Crippen LogP contribution in [-0.2, 0) is 14.9 Å². The van der Waals surface area contributed by atoms with Crippen LogP contribution in [0.5, 0.6) is 0 Å². The molecule has 0 radical (unpaired) electrons. The molecule has 1 saturated heterocycles. The second-order valence-electron chi connectivity index (χ2n) is 7.06. The van der Waals surface area contributed by atoms with Crippen LogP contribution in [0.3, 0.4) is 0 Å². The number of carbonyl (C=O) groups is 1. The third kappa shape index (κ3) is 2.24. The number of fused-ring (bicyclic) bond motifs is 1. The van der Waals surface area contributed by atoms with E-state index in [4.69, 9.17) is 20.6 Å². The lowest BCUT2D eigenvalue weighted by atomic mass is 10.1. The first-order valence-corrected chi connectivity index (χ1v) is 8.88. The standard InChI is InChI=1S/C19H19N5O2/c20-17(25)19(7-8-19)18-22-16(13-6-10-26-11-13)23-24(18)14-5-1-3-12-4-2-9-21-15(12)14/h1-5,9,13H,6-8,10-11H2,(H2,20,25). The number of nitrogens with two attached hydrogens (primary N) is 1. The highest BCUT2D eigenvalue weighted by atomic mass is 16.5. The minimum atomic E-state index is -0.721. The highest BCUT2D eigenvalue weighted by molar-refractivity contribution is 5.90. The van der Waals surface area contributed by atoms with E-state index in [1.165, 1.54) is 0 Å². The maximum Gasteiger partial charge on any atom is 0.231 e. The van der Waals surface area contributed by atoms with Gasteiger partial charge in [-0.25, -0.2) is 9.67 Å². The predicted molar refractivity (Wildman–Crippen MR) is 94.9 cm³/mol. The van der Waals surface area contributed by atoms with Crippen molar-refractivity contribution >= 4 is 16.8 Å². The summed E-state index contributed by atoms with van der Waals surface area (Å²) in [4.78, 5) is 21.5. The smallest absolute Gasteiger partial charge is 0.231 e. The summed E-state index contributed by atoms with van der Waals surface area (Å²) in [7, 11) is 0. The van der Waals surface area contributed by atoms with Crippen molar-refractivity contribution in [1.82, 2.24) is 19.7 Å². The number of carbonyl (C=O) groups excluding carboxylic acids is 1. The van der Waals surface area contributed by atoms with Crippen molar-refractivity contribution in [2.75, 3.05) is 13.2 Å². The third-order valence-electron chi connectivity index (χ3n) is 5.41. The Kier molecular flexibility index (Phi) is 3.33. The van der Waals surface area contributed by atoms with Gasteiger partial charge in [0.15, 0.2) is 5.82 Å². The summed E-state index contributed by atoms with van der Waals surface area (Å²) in [6.07, 6.45) is 4.07. The van der Waals surface area contributed by atoms with E-state index in [2.05, 4.69) is 4.98 Å². The van der Waals surface area contributed by atoms with E-state index >= 15 is 0 Å². The summed E-state index contributed by atoms with van der Waals surface area (Å²) >= 11 is 0. The highest BCUT2D eigenvalue weighted by Gasteiger charge is 2.54. The molecular weight excluding hydrogens is 330 g/mol. The van der Waals surface area contributed by atoms with Crippen LogP contribution in [-0.4, -0.2) is 38.9 Å². The van der Waals surface area contributed by atoms with E-state index in [1.54, 1.807) is 10.9 Å². The molecule has 1 amide bonds. The van der Waals surface area contributed by atoms with Gasteiger partial charge in [0.25, 0.3) is 0 Å². The van der Waals surface area contributed by atoms with E-state index < -0.39 is 5.41 Å². The van der Waals surface area contributed by atoms with Crippen molar-refractivity contribution in [1.29, 1.82) is 0 Å². The molecule has 132 valence electrons. The van der Waals surface area contributed by atoms with Gasteiger partial charge in [0.2, 0.25) is 5.91 Å². The lowest BCUT2D eigenvalue weighted by molar-refractivity contribution is -0.120. The van der Waals surface area contributed by atoms with Gasteiger partial charge in [-0.2, -0.15) is 5.10 Å². The second-order valence-corrected chi connectivity index (χ2v) is 7.06. The van der Waals surface area contributed by atoms with Crippen molar-refractivity contribution in [2.45, 2.75) is 30.6 Å². The zero-order valence-corrected chi connectivity index (χ0v) is 14.3. The molecule has 1 unspecified atom stereocenters. The summed E-state index contributed by atoms with van der Waals surface area (Å²) in [5, 5.41) is 5.79. The van der Waals surface area contributed by atoms with Gasteiger partial charge in [-0.05, 0) is 31.4 Å². The van der Waals surface area contributed by atoms with Gasteiger partial charge in [0.1, 0.15) is 11.2 Å². The van der Waals surface area contributed by atoms with Crippen molar-refractivity contribution < 1.29 is 9.53 Å². The van der Waals surface area contributed by atoms with Gasteiger partial charge < -0.3 is 10.5 Å². The van der Waals surface area contributed by atoms with Gasteiger partial charge >= 0.3 is 0 Å². The molecule has 0 spiro atoms. The number of nitrogens with zero attached hydrogens (tertiary/aromatic N) is 4. The number of benzene rings is 1. The Labute approximate surface area is 150 Å². The summed E-state index contributed by atoms with van der Waals surface area (Å²) in [5.74, 6) is 1.16. The fourth-order valence-electron chi connectivity index (χ4n) is 3.68. The third-order valence-corrected chi connectivity index (χ3v) is 5.41. The van der Waals surface area contributed by atoms with Crippen LogP contribution in [0.2, 0.25) is 0 Å². The predicted octanol–water partition coefficient (Wildman–Crippen LogP) is 1.84. The van der Waals surface area contributed by atoms with E-state index in [1.807, 2.05) is 30.3 Å². The van der Waals surface area contributed by atoms with Crippen molar-refractivity contribution in [3.05, 3.63) is 48.2 Å². The Hall–Kier alpha value is -2.80. The van der Waals surface area contributed by atoms with Gasteiger partial charge in [0, 0.05) is 24.1 Å². The van der Waals surface area contributed by atoms with Crippen molar-refractivity contribution in [3.63, 3.8) is 0 Å². The Bertz CT molecular complexity index is 997. The maximum atomic E-state index is 12.2. The van der Waals surface area contributed by atoms with Gasteiger partial charge in [-0.1, -0.05) is 18.2 Å². The first kappa shape index (κ1) is 15.5. The zero-order chi connectivity index (χ0) is 17.7. The molecular formula is C19H19N5O2. The quantitative estimate of drug-likeness (QED) is 0.775. The van der Waals surface area contributed by atoms with Gasteiger partial charge in [-0.3, -0.25) is 9.78 Å². The van der Waals surface area contributed by atoms with E-state index in [0.29, 0.717) is 31.9 Å². The number of para-hydroxylation sites is 1. The lowest BCUT2D eigenvalue weighted by Crippen LogP contribution is -2.31. The first-order valence-electron chi connectivity index (χ1n) is 8.88. The molecule has 5 rings (SSSR count). The van der Waals surface area contributed by atoms with Crippen LogP contribution < -0.4 is 5.73 Å². The molecule has 2 aromatic heterocycles. The number of aromatic nitrogens is 4. The Morgan fingerprint density at radius 2 is 2.12 bits per heavy atom. The van der Waals surface area contributed by atoms with Crippen LogP contribution in [0.25, 0.3) is 16.6 Å². The first-order chi connectivity index (χ1) is 12.7. The summed E-state index contributed by atoms with van der Waals surface area (Å²) in [5.41, 5.74) is 6.66. The number of amides is 1. The molecule has 1 aromatic carbocycles. The van der Waals surface area contributed by atoms with E-state index in [9.17, 15) is 4.79 Å². The normalized spacial score (nSPS) is 21.2. The second kappa shape index (κ2) is 5.60. The molecule has 7 heteroatoms. The Morgan fingerprint density at radius 3 is 2.85 bits per heavy atom. The molecule has 0 bridgehead atoms. The van der Waals surface area contributed by atoms with Gasteiger partial charge in [-0.15, -0.1) is 0 Å². The minimum absolute atomic E-state index is 0.154. The fourth-order valence-corrected chi connectivity index (χ4v) is 3.68. The zero-order valence-electron chi connectivity index (χ0n) is 14.3. The molecule has 1 saturated carbocycles. The average Bonchev–Trinajstić information content (AvgIpc) is 3.09. The van der Waals surface area contributed by atoms with Gasteiger partial charge in [0.05, 0.1) is 17.8 Å². The number of rotatable bonds is 4. The summed E-state index contributed by atoms with van der Waals surface area (Å²) < 4.78 is 7.27. The van der Waals surface area contributed by atoms with Crippen molar-refractivity contribution in [3.8, 4) is 5.69 Å². The number of primary amides is 1. The molecule has 2 fully saturated rings. The SMILES string of the molecule is NC(=O)C1(c2nc(C3CCOC3)nn2-c2cccc3cccnc23)CC1. The Morgan fingerprint density at radius 1 is 1.27 bits per heavy atom. The summed E-state index contributed by atoms with van der Waals surface area (Å²) in [6, 6.07) is 9.85. The van der Waals surface area contributed by atoms with E-state index in [-0.39, 0.29) is 11.8 Å². The van der Waals surface area contributed by atoms with E-state index in [0.717, 1.165) is 28.8 Å². The van der Waals surface area contributed by atoms with Crippen LogP contribution in [0.1, 0.15) is 36.8 Å². The monoisotopic (exact) mass is 349 g/mol. The Balaban J connectivity index is 1.73. The largest absolute Gasteiger partial charge is 0.381 e. The highest BCUT2D eigenvalue weighted by Crippen LogP contribution is 2.48. The number of hydrogen-bond donors (Lipinski definition) is 1. The molecule has 26 heavy (non-hydrogen) atoms. The number of ether oxygens (including phenoxy) is 1. The maximum absolute atomic E-state index is 12.2. The fraction of sp³-hybridized carbons (Fsp3) is 0.368. The van der Waals surface area contributed by atoms with Crippen LogP contribution in [0.15, 0.2) is 36.5 Å². The van der Waals surface area contributed by atoms with Crippen LogP contribution in [0.4, 0.5) is 0 Å². The number of hydrogen-bond acceptors (Lipinski definition) is 5. The van der Waals surface area contributed by atoms with Crippen LogP contribution in [0, 0.1) is 0 Å². The van der Waals surface area contributed by atoms with Crippen molar-refractivity contribution in [2.24, 2.45) is 5.73 Å². The molecule has 3 heterocycles. The molecule has 1 atom stereocenters. The summed E-state index contributed by atoms with van der Waals surface area (Å²) in [6.45, 7) is 1.33. The van der Waals surface area contributed by atoms with Crippen LogP contribution >= 0.6 is 0 Å². The average molecular weight is 349 g/mol. The molecule has 2 N–H and O–H groups in total. The minimum Gasteiger partial charge on any atom is -0.381 e. The molecule has 7 nitrogen and oxygen atoms in total. The molecule has 2 aliphatic rings. The molecule has 1 aliphatic carbocycles. The lowest BCUT2D eigenvalue weighted by Gasteiger charge is -2.13. The topological polar surface area (TPSA) is 95.9 Å². The molecule has 1 aliphatic heterocycles. The molecule has 3 aromatic rings.